The number of anilines is 1. The molecule has 0 radical (unpaired) electrons. The van der Waals surface area contributed by atoms with E-state index in [1.807, 2.05) is 0 Å². The van der Waals surface area contributed by atoms with Crippen LogP contribution in [0.3, 0.4) is 0 Å². The fraction of sp³-hybridized carbons (Fsp3) is 0.588. The van der Waals surface area contributed by atoms with Crippen molar-refractivity contribution in [3.8, 4) is 0 Å². The summed E-state index contributed by atoms with van der Waals surface area (Å²) in [7, 11) is -3.49. The summed E-state index contributed by atoms with van der Waals surface area (Å²) in [5.41, 5.74) is 1.80. The van der Waals surface area contributed by atoms with E-state index in [1.54, 1.807) is 34.3 Å². The first-order valence-corrected chi connectivity index (χ1v) is 10.1. The van der Waals surface area contributed by atoms with Crippen molar-refractivity contribution in [2.75, 3.05) is 24.5 Å². The average molecular weight is 349 g/mol. The van der Waals surface area contributed by atoms with Crippen molar-refractivity contribution in [3.63, 3.8) is 0 Å². The minimum atomic E-state index is -3.49. The lowest BCUT2D eigenvalue weighted by molar-refractivity contribution is -0.116. The standard InChI is InChI=1S/C17H23N3O3S/c1-12(21)19-9-7-13-10-16(4-5-17(13)19)24(22,23)20-14-2-3-15(20)11-18-8-6-14/h4-5,10,14-15,18H,2-3,6-9,11H2,1H3. The summed E-state index contributed by atoms with van der Waals surface area (Å²) in [5, 5.41) is 3.34. The lowest BCUT2D eigenvalue weighted by atomic mass is 10.1. The van der Waals surface area contributed by atoms with E-state index >= 15 is 0 Å². The van der Waals surface area contributed by atoms with Crippen LogP contribution in [0.15, 0.2) is 23.1 Å². The molecule has 3 aliphatic rings. The summed E-state index contributed by atoms with van der Waals surface area (Å²) < 4.78 is 28.2. The van der Waals surface area contributed by atoms with Crippen LogP contribution in [0, 0.1) is 0 Å². The molecule has 2 atom stereocenters. The van der Waals surface area contributed by atoms with Gasteiger partial charge < -0.3 is 10.2 Å². The van der Waals surface area contributed by atoms with Gasteiger partial charge in [-0.3, -0.25) is 4.79 Å². The van der Waals surface area contributed by atoms with E-state index in [4.69, 9.17) is 0 Å². The maximum absolute atomic E-state index is 13.2. The van der Waals surface area contributed by atoms with Crippen LogP contribution in [0.25, 0.3) is 0 Å². The van der Waals surface area contributed by atoms with Gasteiger partial charge >= 0.3 is 0 Å². The number of benzene rings is 1. The minimum Gasteiger partial charge on any atom is -0.315 e. The molecule has 2 fully saturated rings. The predicted octanol–water partition coefficient (Wildman–Crippen LogP) is 1.11. The highest BCUT2D eigenvalue weighted by molar-refractivity contribution is 7.89. The van der Waals surface area contributed by atoms with Crippen LogP contribution < -0.4 is 10.2 Å². The summed E-state index contributed by atoms with van der Waals surface area (Å²) in [4.78, 5) is 13.7. The number of carbonyl (C=O) groups excluding carboxylic acids is 1. The molecular weight excluding hydrogens is 326 g/mol. The van der Waals surface area contributed by atoms with Crippen molar-refractivity contribution in [1.82, 2.24) is 9.62 Å². The third-order valence-electron chi connectivity index (χ3n) is 5.49. The first-order valence-electron chi connectivity index (χ1n) is 8.64. The molecule has 0 spiro atoms. The Kier molecular flexibility index (Phi) is 3.89. The third kappa shape index (κ3) is 2.46. The zero-order valence-corrected chi connectivity index (χ0v) is 14.7. The molecule has 24 heavy (non-hydrogen) atoms. The summed E-state index contributed by atoms with van der Waals surface area (Å²) in [5.74, 6) is 0.000920. The molecule has 4 rings (SSSR count). The Bertz CT molecular complexity index is 763. The number of sulfonamides is 1. The quantitative estimate of drug-likeness (QED) is 0.868. The Labute approximate surface area is 142 Å². The van der Waals surface area contributed by atoms with Crippen molar-refractivity contribution in [3.05, 3.63) is 23.8 Å². The highest BCUT2D eigenvalue weighted by Crippen LogP contribution is 2.36. The molecule has 2 unspecified atom stereocenters. The van der Waals surface area contributed by atoms with Gasteiger partial charge in [0.2, 0.25) is 15.9 Å². The Morgan fingerprint density at radius 1 is 1.21 bits per heavy atom. The van der Waals surface area contributed by atoms with Crippen LogP contribution >= 0.6 is 0 Å². The monoisotopic (exact) mass is 349 g/mol. The van der Waals surface area contributed by atoms with Gasteiger partial charge in [-0.2, -0.15) is 4.31 Å². The molecule has 1 aromatic rings. The molecule has 0 aromatic heterocycles. The average Bonchev–Trinajstić information content (AvgIpc) is 3.06. The number of hydrogen-bond donors (Lipinski definition) is 1. The van der Waals surface area contributed by atoms with E-state index in [1.165, 1.54) is 0 Å². The number of nitrogens with one attached hydrogen (secondary N) is 1. The second kappa shape index (κ2) is 5.82. The molecule has 6 nitrogen and oxygen atoms in total. The van der Waals surface area contributed by atoms with E-state index in [0.29, 0.717) is 17.9 Å². The number of fused-ring (bicyclic) bond motifs is 3. The first kappa shape index (κ1) is 16.1. The van der Waals surface area contributed by atoms with Crippen LogP contribution in [0.1, 0.15) is 31.7 Å². The number of nitrogens with zero attached hydrogens (tertiary/aromatic N) is 2. The maximum atomic E-state index is 13.2. The predicted molar refractivity (Wildman–Crippen MR) is 91.5 cm³/mol. The van der Waals surface area contributed by atoms with Gasteiger partial charge in [-0.1, -0.05) is 0 Å². The van der Waals surface area contributed by atoms with Crippen molar-refractivity contribution in [2.24, 2.45) is 0 Å². The smallest absolute Gasteiger partial charge is 0.243 e. The molecule has 0 aliphatic carbocycles. The molecular formula is C17H23N3O3S. The molecule has 0 saturated carbocycles. The fourth-order valence-electron chi connectivity index (χ4n) is 4.32. The summed E-state index contributed by atoms with van der Waals surface area (Å²) >= 11 is 0. The Morgan fingerprint density at radius 3 is 2.79 bits per heavy atom. The molecule has 1 aromatic carbocycles. The molecule has 7 heteroatoms. The molecule has 1 N–H and O–H groups in total. The molecule has 2 bridgehead atoms. The normalized spacial score (nSPS) is 27.1. The van der Waals surface area contributed by atoms with Gasteiger partial charge in [0.15, 0.2) is 0 Å². The van der Waals surface area contributed by atoms with E-state index in [9.17, 15) is 13.2 Å². The second-order valence-corrected chi connectivity index (χ2v) is 8.77. The van der Waals surface area contributed by atoms with Gasteiger partial charge in [0, 0.05) is 37.8 Å². The van der Waals surface area contributed by atoms with E-state index in [-0.39, 0.29) is 18.0 Å². The highest BCUT2D eigenvalue weighted by atomic mass is 32.2. The van der Waals surface area contributed by atoms with Gasteiger partial charge in [-0.05, 0) is 56.0 Å². The van der Waals surface area contributed by atoms with Crippen LogP contribution in [-0.4, -0.2) is 50.3 Å². The minimum absolute atomic E-state index is 0.000920. The van der Waals surface area contributed by atoms with Crippen LogP contribution in [0.4, 0.5) is 5.69 Å². The second-order valence-electron chi connectivity index (χ2n) is 6.92. The molecule has 3 heterocycles. The molecule has 2 saturated heterocycles. The Hall–Kier alpha value is -1.44. The maximum Gasteiger partial charge on any atom is 0.243 e. The van der Waals surface area contributed by atoms with Crippen molar-refractivity contribution < 1.29 is 13.2 Å². The SMILES string of the molecule is CC(=O)N1CCc2cc(S(=O)(=O)N3C4CCNCC3CC4)ccc21. The molecule has 1 amide bonds. The van der Waals surface area contributed by atoms with Gasteiger partial charge in [0.1, 0.15) is 0 Å². The van der Waals surface area contributed by atoms with Gasteiger partial charge in [0.05, 0.1) is 4.90 Å². The Morgan fingerprint density at radius 2 is 2.00 bits per heavy atom. The lowest BCUT2D eigenvalue weighted by Crippen LogP contribution is -2.42. The van der Waals surface area contributed by atoms with Crippen molar-refractivity contribution >= 4 is 21.6 Å². The number of rotatable bonds is 2. The molecule has 130 valence electrons. The van der Waals surface area contributed by atoms with E-state index in [2.05, 4.69) is 5.32 Å². The van der Waals surface area contributed by atoms with Crippen molar-refractivity contribution in [2.45, 2.75) is 49.6 Å². The zero-order valence-electron chi connectivity index (χ0n) is 13.9. The van der Waals surface area contributed by atoms with Gasteiger partial charge in [0.25, 0.3) is 0 Å². The van der Waals surface area contributed by atoms with Gasteiger partial charge in [-0.25, -0.2) is 8.42 Å². The highest BCUT2D eigenvalue weighted by Gasteiger charge is 2.43. The molecule has 3 aliphatic heterocycles. The zero-order chi connectivity index (χ0) is 16.9. The number of amides is 1. The van der Waals surface area contributed by atoms with Crippen LogP contribution in [-0.2, 0) is 21.2 Å². The van der Waals surface area contributed by atoms with Crippen LogP contribution in [0.2, 0.25) is 0 Å². The summed E-state index contributed by atoms with van der Waals surface area (Å²) in [6.07, 6.45) is 3.47. The summed E-state index contributed by atoms with van der Waals surface area (Å²) in [6.45, 7) is 3.79. The van der Waals surface area contributed by atoms with E-state index < -0.39 is 10.0 Å². The third-order valence-corrected chi connectivity index (χ3v) is 7.49. The van der Waals surface area contributed by atoms with Crippen molar-refractivity contribution in [1.29, 1.82) is 0 Å². The van der Waals surface area contributed by atoms with E-state index in [0.717, 1.165) is 43.6 Å². The number of hydrogen-bond acceptors (Lipinski definition) is 4. The van der Waals surface area contributed by atoms with Crippen LogP contribution in [0.5, 0.6) is 0 Å². The Balaban J connectivity index is 1.70. The fourth-order valence-corrected chi connectivity index (χ4v) is 6.27. The number of carbonyl (C=O) groups is 1. The first-order chi connectivity index (χ1) is 11.5. The lowest BCUT2D eigenvalue weighted by Gasteiger charge is -2.27. The van der Waals surface area contributed by atoms with Gasteiger partial charge in [-0.15, -0.1) is 0 Å². The topological polar surface area (TPSA) is 69.7 Å². The summed E-state index contributed by atoms with van der Waals surface area (Å²) in [6, 6.07) is 5.38. The largest absolute Gasteiger partial charge is 0.315 e.